The lowest BCUT2D eigenvalue weighted by atomic mass is 9.90. The maximum absolute atomic E-state index is 13.2. The summed E-state index contributed by atoms with van der Waals surface area (Å²) < 4.78 is 41.1. The van der Waals surface area contributed by atoms with Gasteiger partial charge in [0.2, 0.25) is 5.60 Å². The summed E-state index contributed by atoms with van der Waals surface area (Å²) in [7, 11) is 0. The van der Waals surface area contributed by atoms with Crippen molar-refractivity contribution in [2.24, 2.45) is 0 Å². The molecule has 0 amide bonds. The zero-order valence-corrected chi connectivity index (χ0v) is 44.3. The lowest BCUT2D eigenvalue weighted by Crippen LogP contribution is -2.43. The summed E-state index contributed by atoms with van der Waals surface area (Å²) >= 11 is 0. The summed E-state index contributed by atoms with van der Waals surface area (Å²) in [6, 6.07) is 0. The average molecular weight is 975 g/mol. The first-order chi connectivity index (χ1) is 33.7. The van der Waals surface area contributed by atoms with Crippen LogP contribution in [0.1, 0.15) is 278 Å². The highest BCUT2D eigenvalue weighted by Gasteiger charge is 2.48. The fourth-order valence-corrected chi connectivity index (χ4v) is 11.0. The molecular weight excluding hydrogens is 873 g/mol. The molecule has 0 bridgehead atoms. The van der Waals surface area contributed by atoms with Crippen LogP contribution in [0.15, 0.2) is 0 Å². The lowest BCUT2D eigenvalue weighted by Gasteiger charge is -2.29. The second-order valence-corrected chi connectivity index (χ2v) is 22.1. The summed E-state index contributed by atoms with van der Waals surface area (Å²) in [5, 5.41) is 10.6. The SMILES string of the molecule is CCCCCCCCC1OC1CCCCCCC(CCCOC(=O)CCCCCCCC1OC1CC1OC1CCCCC)(OC(=O)CCCCCCCC1OC1CC1OC1CCCCCC)C(=O)O. The molecule has 5 aliphatic heterocycles. The van der Waals surface area contributed by atoms with Crippen LogP contribution in [0.5, 0.6) is 0 Å². The van der Waals surface area contributed by atoms with Gasteiger partial charge in [0.05, 0.1) is 67.6 Å². The van der Waals surface area contributed by atoms with Gasteiger partial charge in [-0.15, -0.1) is 0 Å². The molecule has 69 heavy (non-hydrogen) atoms. The van der Waals surface area contributed by atoms with Crippen LogP contribution in [0, 0.1) is 0 Å². The number of rotatable bonds is 49. The molecule has 5 rings (SSSR count). The molecule has 5 aliphatic rings. The third-order valence-electron chi connectivity index (χ3n) is 15.9. The number of epoxide rings is 5. The van der Waals surface area contributed by atoms with Crippen molar-refractivity contribution in [3.8, 4) is 0 Å². The minimum atomic E-state index is -1.61. The summed E-state index contributed by atoms with van der Waals surface area (Å²) in [4.78, 5) is 38.8. The second kappa shape index (κ2) is 33.8. The molecule has 5 saturated heterocycles. The van der Waals surface area contributed by atoms with Crippen LogP contribution in [-0.4, -0.2) is 96.3 Å². The summed E-state index contributed by atoms with van der Waals surface area (Å²) in [5.41, 5.74) is -1.61. The van der Waals surface area contributed by atoms with Crippen LogP contribution in [0.2, 0.25) is 0 Å². The molecule has 0 saturated carbocycles. The molecule has 5 fully saturated rings. The Bertz CT molecular complexity index is 1390. The lowest BCUT2D eigenvalue weighted by molar-refractivity contribution is -0.181. The van der Waals surface area contributed by atoms with Crippen LogP contribution in [0.25, 0.3) is 0 Å². The number of carbonyl (C=O) groups excluding carboxylic acids is 2. The van der Waals surface area contributed by atoms with Crippen LogP contribution in [0.3, 0.4) is 0 Å². The standard InChI is InChI=1S/C58H102O11/c1-4-7-10-12-15-24-33-45-46(64-45)34-27-20-21-30-40-58(57(61)62,69-56(60)39-29-19-14-17-26-37-50-54(68-50)44-52-48(66-52)35-23-11-8-5-2)41-31-42-63-55(59)38-28-18-13-16-25-36-49-53(67-49)43-51-47(65-51)32-22-9-6-3/h45-54H,4-44H2,1-3H3,(H,61,62). The highest BCUT2D eigenvalue weighted by atomic mass is 16.6. The van der Waals surface area contributed by atoms with Crippen molar-refractivity contribution in [2.75, 3.05) is 6.61 Å². The minimum Gasteiger partial charge on any atom is -0.478 e. The number of carboxylic acids is 1. The molecule has 0 aromatic rings. The molecule has 11 unspecified atom stereocenters. The third kappa shape index (κ3) is 25.1. The molecule has 11 atom stereocenters. The second-order valence-electron chi connectivity index (χ2n) is 22.1. The predicted octanol–water partition coefficient (Wildman–Crippen LogP) is 14.4. The van der Waals surface area contributed by atoms with E-state index in [0.717, 1.165) is 109 Å². The largest absolute Gasteiger partial charge is 0.478 e. The Balaban J connectivity index is 0.904. The first-order valence-corrected chi connectivity index (χ1v) is 29.6. The minimum absolute atomic E-state index is 0.126. The van der Waals surface area contributed by atoms with Gasteiger partial charge < -0.3 is 38.3 Å². The molecule has 400 valence electrons. The van der Waals surface area contributed by atoms with E-state index in [-0.39, 0.29) is 31.8 Å². The van der Waals surface area contributed by atoms with Crippen molar-refractivity contribution < 1.29 is 52.6 Å². The Morgan fingerprint density at radius 3 is 1.12 bits per heavy atom. The van der Waals surface area contributed by atoms with Crippen molar-refractivity contribution >= 4 is 17.9 Å². The fraction of sp³-hybridized carbons (Fsp3) is 0.948. The predicted molar refractivity (Wildman–Crippen MR) is 272 cm³/mol. The number of ether oxygens (including phenoxy) is 7. The molecule has 0 aliphatic carbocycles. The van der Waals surface area contributed by atoms with Crippen molar-refractivity contribution in [2.45, 2.75) is 344 Å². The summed E-state index contributed by atoms with van der Waals surface area (Å²) in [5.74, 6) is -1.79. The maximum Gasteiger partial charge on any atom is 0.348 e. The Morgan fingerprint density at radius 2 is 0.681 bits per heavy atom. The average Bonchev–Trinajstić information content (AvgIpc) is 4.06. The van der Waals surface area contributed by atoms with Gasteiger partial charge in [0, 0.05) is 32.1 Å². The van der Waals surface area contributed by atoms with E-state index in [0.29, 0.717) is 86.7 Å². The zero-order valence-electron chi connectivity index (χ0n) is 44.3. The number of hydrogen-bond acceptors (Lipinski definition) is 10. The number of carbonyl (C=O) groups is 3. The first kappa shape index (κ1) is 58.1. The van der Waals surface area contributed by atoms with Crippen molar-refractivity contribution in [1.82, 2.24) is 0 Å². The van der Waals surface area contributed by atoms with Gasteiger partial charge in [-0.05, 0) is 70.6 Å². The molecular formula is C58H102O11. The van der Waals surface area contributed by atoms with Crippen LogP contribution >= 0.6 is 0 Å². The van der Waals surface area contributed by atoms with E-state index in [1.54, 1.807) is 0 Å². The van der Waals surface area contributed by atoms with Crippen molar-refractivity contribution in [1.29, 1.82) is 0 Å². The Labute approximate surface area is 420 Å². The Kier molecular flexibility index (Phi) is 28.5. The van der Waals surface area contributed by atoms with E-state index in [2.05, 4.69) is 20.8 Å². The van der Waals surface area contributed by atoms with Gasteiger partial charge >= 0.3 is 17.9 Å². The van der Waals surface area contributed by atoms with Crippen LogP contribution in [0.4, 0.5) is 0 Å². The van der Waals surface area contributed by atoms with Crippen molar-refractivity contribution in [3.05, 3.63) is 0 Å². The van der Waals surface area contributed by atoms with E-state index in [1.165, 1.54) is 103 Å². The zero-order chi connectivity index (χ0) is 48.9. The van der Waals surface area contributed by atoms with Gasteiger partial charge in [0.25, 0.3) is 0 Å². The molecule has 0 aromatic carbocycles. The maximum atomic E-state index is 13.2. The molecule has 1 N–H and O–H groups in total. The Hall–Kier alpha value is -1.79. The van der Waals surface area contributed by atoms with E-state index in [1.807, 2.05) is 0 Å². The van der Waals surface area contributed by atoms with E-state index < -0.39 is 17.5 Å². The van der Waals surface area contributed by atoms with E-state index in [9.17, 15) is 19.5 Å². The van der Waals surface area contributed by atoms with Crippen molar-refractivity contribution in [3.63, 3.8) is 0 Å². The normalized spacial score (nSPS) is 27.2. The molecule has 0 spiro atoms. The molecule has 11 heteroatoms. The molecule has 5 heterocycles. The van der Waals surface area contributed by atoms with Gasteiger partial charge in [0.15, 0.2) is 0 Å². The number of hydrogen-bond donors (Lipinski definition) is 1. The number of esters is 2. The van der Waals surface area contributed by atoms with Gasteiger partial charge in [-0.3, -0.25) is 9.59 Å². The molecule has 11 nitrogen and oxygen atoms in total. The highest BCUT2D eigenvalue weighted by molar-refractivity contribution is 5.82. The van der Waals surface area contributed by atoms with Crippen LogP contribution in [-0.2, 0) is 47.5 Å². The quantitative estimate of drug-likeness (QED) is 0.0352. The van der Waals surface area contributed by atoms with E-state index in [4.69, 9.17) is 33.2 Å². The third-order valence-corrected chi connectivity index (χ3v) is 15.9. The number of carboxylic acid groups (broad SMARTS) is 1. The molecule has 0 radical (unpaired) electrons. The highest BCUT2D eigenvalue weighted by Crippen LogP contribution is 2.41. The summed E-state index contributed by atoms with van der Waals surface area (Å²) in [6.07, 6.45) is 44.7. The monoisotopic (exact) mass is 975 g/mol. The fourth-order valence-electron chi connectivity index (χ4n) is 11.0. The van der Waals surface area contributed by atoms with Gasteiger partial charge in [-0.1, -0.05) is 175 Å². The number of unbranched alkanes of at least 4 members (excludes halogenated alkanes) is 21. The van der Waals surface area contributed by atoms with Gasteiger partial charge in [-0.2, -0.15) is 0 Å². The smallest absolute Gasteiger partial charge is 0.348 e. The van der Waals surface area contributed by atoms with Crippen LogP contribution < -0.4 is 0 Å². The topological polar surface area (TPSA) is 153 Å². The van der Waals surface area contributed by atoms with Gasteiger partial charge in [0.1, 0.15) is 0 Å². The van der Waals surface area contributed by atoms with Gasteiger partial charge in [-0.25, -0.2) is 4.79 Å². The summed E-state index contributed by atoms with van der Waals surface area (Å²) in [6.45, 7) is 6.86. The number of aliphatic carboxylic acids is 1. The first-order valence-electron chi connectivity index (χ1n) is 29.6. The Morgan fingerprint density at radius 1 is 0.377 bits per heavy atom. The van der Waals surface area contributed by atoms with E-state index >= 15 is 0 Å². The molecule has 0 aromatic heterocycles.